The van der Waals surface area contributed by atoms with Crippen molar-refractivity contribution in [3.05, 3.63) is 17.6 Å². The summed E-state index contributed by atoms with van der Waals surface area (Å²) in [6.07, 6.45) is 0. The van der Waals surface area contributed by atoms with Crippen molar-refractivity contribution in [1.82, 2.24) is 10.0 Å². The first-order chi connectivity index (χ1) is 9.86. The van der Waals surface area contributed by atoms with Gasteiger partial charge in [-0.1, -0.05) is 20.8 Å². The van der Waals surface area contributed by atoms with Gasteiger partial charge in [0.25, 0.3) is 0 Å². The Morgan fingerprint density at radius 1 is 1.38 bits per heavy atom. The highest BCUT2D eigenvalue weighted by atomic mass is 32.2. The zero-order valence-electron chi connectivity index (χ0n) is 13.2. The molecule has 0 aliphatic heterocycles. The Kier molecular flexibility index (Phi) is 7.37. The van der Waals surface area contributed by atoms with Gasteiger partial charge in [0.15, 0.2) is 0 Å². The van der Waals surface area contributed by atoms with Gasteiger partial charge in [0, 0.05) is 19.2 Å². The van der Waals surface area contributed by atoms with Crippen LogP contribution in [0.4, 0.5) is 0 Å². The minimum absolute atomic E-state index is 0.194. The van der Waals surface area contributed by atoms with Gasteiger partial charge in [0.1, 0.15) is 16.4 Å². The van der Waals surface area contributed by atoms with E-state index in [0.717, 1.165) is 6.54 Å². The maximum atomic E-state index is 12.2. The summed E-state index contributed by atoms with van der Waals surface area (Å²) in [5, 5.41) is 3.10. The molecule has 1 aromatic rings. The molecule has 6 nitrogen and oxygen atoms in total. The predicted octanol–water partition coefficient (Wildman–Crippen LogP) is 1.65. The molecule has 0 aliphatic carbocycles. The Bertz CT molecular complexity index is 523. The first-order valence-corrected chi connectivity index (χ1v) is 8.72. The number of ether oxygens (including phenoxy) is 1. The highest BCUT2D eigenvalue weighted by molar-refractivity contribution is 7.89. The molecule has 0 spiro atoms. The summed E-state index contributed by atoms with van der Waals surface area (Å²) >= 11 is 0. The molecule has 0 unspecified atom stereocenters. The second kappa shape index (κ2) is 8.53. The summed E-state index contributed by atoms with van der Waals surface area (Å²) in [7, 11) is -3.55. The summed E-state index contributed by atoms with van der Waals surface area (Å²) < 4.78 is 37.7. The van der Waals surface area contributed by atoms with Crippen molar-refractivity contribution in [3.8, 4) is 0 Å². The Hall–Kier alpha value is -0.890. The van der Waals surface area contributed by atoms with Crippen molar-refractivity contribution in [3.63, 3.8) is 0 Å². The van der Waals surface area contributed by atoms with Crippen LogP contribution in [0.15, 0.2) is 15.4 Å². The fourth-order valence-corrected chi connectivity index (χ4v) is 2.99. The molecule has 2 N–H and O–H groups in total. The van der Waals surface area contributed by atoms with Crippen molar-refractivity contribution in [2.45, 2.75) is 39.1 Å². The van der Waals surface area contributed by atoms with E-state index in [2.05, 4.69) is 10.0 Å². The van der Waals surface area contributed by atoms with Gasteiger partial charge in [-0.3, -0.25) is 0 Å². The first kappa shape index (κ1) is 18.2. The summed E-state index contributed by atoms with van der Waals surface area (Å²) in [6, 6.07) is 1.56. The molecule has 0 radical (unpaired) electrons. The molecule has 0 saturated carbocycles. The largest absolute Gasteiger partial charge is 0.464 e. The van der Waals surface area contributed by atoms with Crippen LogP contribution in [0.3, 0.4) is 0 Å². The standard InChI is InChI=1S/C14H26N2O4S/c1-5-15-9-13-8-14(12(4)20-13)21(17,18)16-6-7-19-10-11(2)3/h8,11,15-16H,5-7,9-10H2,1-4H3. The van der Waals surface area contributed by atoms with E-state index < -0.39 is 10.0 Å². The third kappa shape index (κ3) is 6.17. The molecule has 0 amide bonds. The summed E-state index contributed by atoms with van der Waals surface area (Å²) in [6.45, 7) is 10.3. The van der Waals surface area contributed by atoms with Gasteiger partial charge in [0.2, 0.25) is 10.0 Å². The third-order valence-electron chi connectivity index (χ3n) is 2.75. The van der Waals surface area contributed by atoms with Gasteiger partial charge < -0.3 is 14.5 Å². The number of hydrogen-bond donors (Lipinski definition) is 2. The minimum Gasteiger partial charge on any atom is -0.464 e. The SMILES string of the molecule is CCNCc1cc(S(=O)(=O)NCCOCC(C)C)c(C)o1. The first-order valence-electron chi connectivity index (χ1n) is 7.24. The van der Waals surface area contributed by atoms with Crippen molar-refractivity contribution in [2.75, 3.05) is 26.3 Å². The summed E-state index contributed by atoms with van der Waals surface area (Å²) in [5.74, 6) is 1.45. The van der Waals surface area contributed by atoms with Crippen molar-refractivity contribution in [1.29, 1.82) is 0 Å². The molecule has 1 heterocycles. The highest BCUT2D eigenvalue weighted by Gasteiger charge is 2.20. The average Bonchev–Trinajstić information content (AvgIpc) is 2.77. The second-order valence-electron chi connectivity index (χ2n) is 5.28. The lowest BCUT2D eigenvalue weighted by molar-refractivity contribution is 0.114. The van der Waals surface area contributed by atoms with E-state index in [9.17, 15) is 8.42 Å². The Morgan fingerprint density at radius 3 is 2.71 bits per heavy atom. The van der Waals surface area contributed by atoms with Crippen LogP contribution in [0.1, 0.15) is 32.3 Å². The van der Waals surface area contributed by atoms with Crippen LogP contribution < -0.4 is 10.0 Å². The molecular weight excluding hydrogens is 292 g/mol. The molecule has 0 saturated heterocycles. The van der Waals surface area contributed by atoms with Crippen LogP contribution in [-0.2, 0) is 21.3 Å². The van der Waals surface area contributed by atoms with Crippen molar-refractivity contribution >= 4 is 10.0 Å². The van der Waals surface area contributed by atoms with Crippen LogP contribution in [-0.4, -0.2) is 34.7 Å². The molecule has 0 bridgehead atoms. The third-order valence-corrected chi connectivity index (χ3v) is 4.32. The highest BCUT2D eigenvalue weighted by Crippen LogP contribution is 2.19. The topological polar surface area (TPSA) is 80.6 Å². The maximum Gasteiger partial charge on any atom is 0.244 e. The number of aryl methyl sites for hydroxylation is 1. The Labute approximate surface area is 127 Å². The van der Waals surface area contributed by atoms with Crippen LogP contribution >= 0.6 is 0 Å². The van der Waals surface area contributed by atoms with E-state index in [-0.39, 0.29) is 11.4 Å². The van der Waals surface area contributed by atoms with E-state index in [1.54, 1.807) is 13.0 Å². The quantitative estimate of drug-likeness (QED) is 0.641. The lowest BCUT2D eigenvalue weighted by atomic mass is 10.2. The van der Waals surface area contributed by atoms with E-state index >= 15 is 0 Å². The van der Waals surface area contributed by atoms with Gasteiger partial charge in [-0.25, -0.2) is 13.1 Å². The molecule has 21 heavy (non-hydrogen) atoms. The van der Waals surface area contributed by atoms with Crippen LogP contribution in [0.25, 0.3) is 0 Å². The van der Waals surface area contributed by atoms with Gasteiger partial charge in [0.05, 0.1) is 13.2 Å². The molecule has 0 fully saturated rings. The van der Waals surface area contributed by atoms with E-state index in [4.69, 9.17) is 9.15 Å². The monoisotopic (exact) mass is 318 g/mol. The summed E-state index contributed by atoms with van der Waals surface area (Å²) in [4.78, 5) is 0.194. The van der Waals surface area contributed by atoms with Crippen molar-refractivity contribution in [2.24, 2.45) is 5.92 Å². The predicted molar refractivity (Wildman–Crippen MR) is 81.7 cm³/mol. The fourth-order valence-electron chi connectivity index (χ4n) is 1.77. The number of nitrogens with one attached hydrogen (secondary N) is 2. The Balaban J connectivity index is 2.55. The van der Waals surface area contributed by atoms with Gasteiger partial charge in [-0.05, 0) is 19.4 Å². The number of sulfonamides is 1. The number of furan rings is 1. The van der Waals surface area contributed by atoms with E-state index in [1.165, 1.54) is 0 Å². The van der Waals surface area contributed by atoms with Gasteiger partial charge in [-0.2, -0.15) is 0 Å². The fraction of sp³-hybridized carbons (Fsp3) is 0.714. The molecule has 1 rings (SSSR count). The molecule has 0 aliphatic rings. The number of hydrogen-bond acceptors (Lipinski definition) is 5. The molecule has 122 valence electrons. The van der Waals surface area contributed by atoms with Crippen LogP contribution in [0.2, 0.25) is 0 Å². The molecule has 1 aromatic heterocycles. The van der Waals surface area contributed by atoms with Crippen LogP contribution in [0, 0.1) is 12.8 Å². The maximum absolute atomic E-state index is 12.2. The zero-order chi connectivity index (χ0) is 15.9. The lowest BCUT2D eigenvalue weighted by Gasteiger charge is -2.08. The van der Waals surface area contributed by atoms with Gasteiger partial charge in [-0.15, -0.1) is 0 Å². The normalized spacial score (nSPS) is 12.2. The molecule has 7 heteroatoms. The zero-order valence-corrected chi connectivity index (χ0v) is 14.0. The minimum atomic E-state index is -3.55. The molecule has 0 aromatic carbocycles. The van der Waals surface area contributed by atoms with Crippen LogP contribution in [0.5, 0.6) is 0 Å². The lowest BCUT2D eigenvalue weighted by Crippen LogP contribution is -2.28. The van der Waals surface area contributed by atoms with Crippen molar-refractivity contribution < 1.29 is 17.6 Å². The summed E-state index contributed by atoms with van der Waals surface area (Å²) in [5.41, 5.74) is 0. The Morgan fingerprint density at radius 2 is 2.10 bits per heavy atom. The number of rotatable bonds is 10. The second-order valence-corrected chi connectivity index (χ2v) is 7.02. The molecule has 0 atom stereocenters. The smallest absolute Gasteiger partial charge is 0.244 e. The van der Waals surface area contributed by atoms with Gasteiger partial charge >= 0.3 is 0 Å². The van der Waals surface area contributed by atoms with E-state index in [1.807, 2.05) is 20.8 Å². The van der Waals surface area contributed by atoms with E-state index in [0.29, 0.717) is 37.2 Å². The average molecular weight is 318 g/mol. The molecular formula is C14H26N2O4S.